The van der Waals surface area contributed by atoms with Crippen LogP contribution in [0.25, 0.3) is 11.0 Å². The van der Waals surface area contributed by atoms with E-state index in [1.165, 1.54) is 18.5 Å². The summed E-state index contributed by atoms with van der Waals surface area (Å²) in [7, 11) is 0. The highest BCUT2D eigenvalue weighted by Crippen LogP contribution is 2.23. The van der Waals surface area contributed by atoms with Crippen molar-refractivity contribution in [2.45, 2.75) is 6.42 Å². The molecule has 0 unspecified atom stereocenters. The van der Waals surface area contributed by atoms with Gasteiger partial charge in [0.1, 0.15) is 17.8 Å². The number of nitrogens with two attached hydrogens (primary N) is 1. The third kappa shape index (κ3) is 3.86. The number of nitrogen functional groups attached to an aromatic ring is 1. The first kappa shape index (κ1) is 19.2. The molecule has 0 radical (unpaired) electrons. The number of benzene rings is 2. The number of halogens is 2. The standard InChI is InChI=1S/C21H15F2N5O2/c22-15-6-3-12(8-16(15)23)18(29)7-11-1-4-13(5-2-11)27-19-14-9-17(24)21(30)28-20(14)26-10-25-19/h1-6,8-10H,7,24H2,(H2,25,26,27,28,30). The molecule has 2 aromatic heterocycles. The topological polar surface area (TPSA) is 114 Å². The van der Waals surface area contributed by atoms with Crippen LogP contribution in [-0.4, -0.2) is 20.7 Å². The molecular weight excluding hydrogens is 392 g/mol. The van der Waals surface area contributed by atoms with Gasteiger partial charge in [0.05, 0.1) is 11.1 Å². The fourth-order valence-corrected chi connectivity index (χ4v) is 2.93. The van der Waals surface area contributed by atoms with Gasteiger partial charge in [-0.05, 0) is 42.0 Å². The number of aromatic amines is 1. The van der Waals surface area contributed by atoms with Gasteiger partial charge in [0, 0.05) is 17.7 Å². The molecule has 4 rings (SSSR count). The Bertz CT molecular complexity index is 1320. The van der Waals surface area contributed by atoms with Crippen LogP contribution in [0.3, 0.4) is 0 Å². The number of hydrogen-bond donors (Lipinski definition) is 3. The normalized spacial score (nSPS) is 10.9. The average molecular weight is 407 g/mol. The first-order valence-corrected chi connectivity index (χ1v) is 8.88. The molecule has 30 heavy (non-hydrogen) atoms. The van der Waals surface area contributed by atoms with Gasteiger partial charge in [-0.3, -0.25) is 9.59 Å². The van der Waals surface area contributed by atoms with Gasteiger partial charge in [-0.15, -0.1) is 0 Å². The summed E-state index contributed by atoms with van der Waals surface area (Å²) in [5, 5.41) is 3.66. The largest absolute Gasteiger partial charge is 0.394 e. The molecule has 0 amide bonds. The van der Waals surface area contributed by atoms with Crippen molar-refractivity contribution < 1.29 is 13.6 Å². The van der Waals surface area contributed by atoms with Crippen LogP contribution in [0, 0.1) is 11.6 Å². The highest BCUT2D eigenvalue weighted by molar-refractivity contribution is 5.97. The summed E-state index contributed by atoms with van der Waals surface area (Å²) in [4.78, 5) is 34.7. The first-order chi connectivity index (χ1) is 14.4. The zero-order valence-corrected chi connectivity index (χ0v) is 15.4. The molecule has 0 fully saturated rings. The minimum absolute atomic E-state index is 0.0412. The van der Waals surface area contributed by atoms with Crippen molar-refractivity contribution in [1.82, 2.24) is 15.0 Å². The molecule has 0 aliphatic heterocycles. The molecule has 2 aromatic carbocycles. The molecule has 4 N–H and O–H groups in total. The molecule has 4 aromatic rings. The maximum atomic E-state index is 13.3. The molecule has 0 saturated heterocycles. The minimum atomic E-state index is -1.06. The van der Waals surface area contributed by atoms with Crippen molar-refractivity contribution in [2.24, 2.45) is 0 Å². The highest BCUT2D eigenvalue weighted by Gasteiger charge is 2.11. The van der Waals surface area contributed by atoms with E-state index in [1.807, 2.05) is 0 Å². The Morgan fingerprint density at radius 1 is 1.03 bits per heavy atom. The quantitative estimate of drug-likeness (QED) is 0.437. The number of carbonyl (C=O) groups excluding carboxylic acids is 1. The fourth-order valence-electron chi connectivity index (χ4n) is 2.93. The number of pyridine rings is 1. The number of fused-ring (bicyclic) bond motifs is 1. The minimum Gasteiger partial charge on any atom is -0.394 e. The monoisotopic (exact) mass is 407 g/mol. The van der Waals surface area contributed by atoms with Crippen LogP contribution in [0.2, 0.25) is 0 Å². The third-order valence-electron chi connectivity index (χ3n) is 4.50. The van der Waals surface area contributed by atoms with Crippen molar-refractivity contribution in [3.8, 4) is 0 Å². The molecule has 0 bridgehead atoms. The van der Waals surface area contributed by atoms with E-state index in [0.29, 0.717) is 28.1 Å². The number of nitrogens with zero attached hydrogens (tertiary/aromatic N) is 2. The lowest BCUT2D eigenvalue weighted by Crippen LogP contribution is -2.12. The second-order valence-corrected chi connectivity index (χ2v) is 6.59. The molecule has 0 aliphatic rings. The van der Waals surface area contributed by atoms with Gasteiger partial charge >= 0.3 is 0 Å². The molecule has 150 valence electrons. The summed E-state index contributed by atoms with van der Waals surface area (Å²) >= 11 is 0. The van der Waals surface area contributed by atoms with Gasteiger partial charge in [-0.2, -0.15) is 0 Å². The maximum Gasteiger partial charge on any atom is 0.272 e. The van der Waals surface area contributed by atoms with Crippen LogP contribution in [0.15, 0.2) is 59.7 Å². The van der Waals surface area contributed by atoms with Gasteiger partial charge in [-0.25, -0.2) is 18.7 Å². The lowest BCUT2D eigenvalue weighted by atomic mass is 10.0. The van der Waals surface area contributed by atoms with E-state index in [2.05, 4.69) is 20.3 Å². The van der Waals surface area contributed by atoms with E-state index in [1.54, 1.807) is 24.3 Å². The van der Waals surface area contributed by atoms with Crippen LogP contribution in [0.1, 0.15) is 15.9 Å². The second kappa shape index (κ2) is 7.70. The Labute approximate surface area is 168 Å². The number of hydrogen-bond acceptors (Lipinski definition) is 6. The Morgan fingerprint density at radius 3 is 2.53 bits per heavy atom. The smallest absolute Gasteiger partial charge is 0.272 e. The number of anilines is 3. The first-order valence-electron chi connectivity index (χ1n) is 8.88. The van der Waals surface area contributed by atoms with E-state index in [9.17, 15) is 18.4 Å². The molecule has 0 saturated carbocycles. The number of ketones is 1. The molecule has 0 spiro atoms. The van der Waals surface area contributed by atoms with E-state index < -0.39 is 17.2 Å². The second-order valence-electron chi connectivity index (χ2n) is 6.59. The van der Waals surface area contributed by atoms with E-state index in [4.69, 9.17) is 5.73 Å². The predicted molar refractivity (Wildman–Crippen MR) is 109 cm³/mol. The molecule has 2 heterocycles. The van der Waals surface area contributed by atoms with Gasteiger partial charge in [0.15, 0.2) is 17.4 Å². The molecule has 0 atom stereocenters. The summed E-state index contributed by atoms with van der Waals surface area (Å²) in [5.74, 6) is -1.92. The number of nitrogens with one attached hydrogen (secondary N) is 2. The molecule has 0 aliphatic carbocycles. The summed E-state index contributed by atoms with van der Waals surface area (Å²) in [6, 6.07) is 11.5. The Kier molecular flexibility index (Phi) is 4.93. The van der Waals surface area contributed by atoms with Crippen LogP contribution in [0.5, 0.6) is 0 Å². The molecule has 9 heteroatoms. The number of aromatic nitrogens is 3. The van der Waals surface area contributed by atoms with Crippen LogP contribution >= 0.6 is 0 Å². The summed E-state index contributed by atoms with van der Waals surface area (Å²) < 4.78 is 26.3. The molecule has 7 nitrogen and oxygen atoms in total. The van der Waals surface area contributed by atoms with Crippen molar-refractivity contribution in [2.75, 3.05) is 11.1 Å². The fraction of sp³-hybridized carbons (Fsp3) is 0.0476. The number of Topliss-reactive ketones (excluding diaryl/α,β-unsaturated/α-hetero) is 1. The van der Waals surface area contributed by atoms with Gasteiger partial charge in [0.25, 0.3) is 5.56 Å². The van der Waals surface area contributed by atoms with E-state index >= 15 is 0 Å². The van der Waals surface area contributed by atoms with E-state index in [-0.39, 0.29) is 23.5 Å². The Hall–Kier alpha value is -4.14. The lowest BCUT2D eigenvalue weighted by molar-refractivity contribution is 0.0992. The van der Waals surface area contributed by atoms with Gasteiger partial charge in [-0.1, -0.05) is 12.1 Å². The summed E-state index contributed by atoms with van der Waals surface area (Å²) in [5.41, 5.74) is 7.14. The number of H-pyrrole nitrogens is 1. The van der Waals surface area contributed by atoms with Crippen LogP contribution in [0.4, 0.5) is 26.0 Å². The van der Waals surface area contributed by atoms with Crippen LogP contribution in [-0.2, 0) is 6.42 Å². The Balaban J connectivity index is 1.52. The van der Waals surface area contributed by atoms with Crippen molar-refractivity contribution in [3.05, 3.63) is 88.0 Å². The predicted octanol–water partition coefficient (Wildman–Crippen LogP) is 3.35. The summed E-state index contributed by atoms with van der Waals surface area (Å²) in [6.07, 6.45) is 1.35. The third-order valence-corrected chi connectivity index (χ3v) is 4.50. The summed E-state index contributed by atoms with van der Waals surface area (Å²) in [6.45, 7) is 0. The zero-order chi connectivity index (χ0) is 21.3. The average Bonchev–Trinajstić information content (AvgIpc) is 2.73. The van der Waals surface area contributed by atoms with Gasteiger partial charge in [0.2, 0.25) is 0 Å². The molecular formula is C21H15F2N5O2. The van der Waals surface area contributed by atoms with Gasteiger partial charge < -0.3 is 16.0 Å². The highest BCUT2D eigenvalue weighted by atomic mass is 19.2. The zero-order valence-electron chi connectivity index (χ0n) is 15.4. The van der Waals surface area contributed by atoms with Crippen molar-refractivity contribution in [1.29, 1.82) is 0 Å². The number of carbonyl (C=O) groups is 1. The lowest BCUT2D eigenvalue weighted by Gasteiger charge is -2.09. The Morgan fingerprint density at radius 2 is 1.80 bits per heavy atom. The maximum absolute atomic E-state index is 13.3. The van der Waals surface area contributed by atoms with Crippen molar-refractivity contribution >= 4 is 34.0 Å². The van der Waals surface area contributed by atoms with Crippen molar-refractivity contribution in [3.63, 3.8) is 0 Å². The number of rotatable bonds is 5. The van der Waals surface area contributed by atoms with Crippen LogP contribution < -0.4 is 16.6 Å². The van der Waals surface area contributed by atoms with E-state index in [0.717, 1.165) is 12.1 Å². The SMILES string of the molecule is Nc1cc2c(Nc3ccc(CC(=O)c4ccc(F)c(F)c4)cc3)ncnc2[nH]c1=O.